The van der Waals surface area contributed by atoms with Gasteiger partial charge in [0.2, 0.25) is 11.9 Å². The molecule has 2 saturated carbocycles. The first kappa shape index (κ1) is 32.5. The molecular weight excluding hydrogens is 580 g/mol. The molecule has 2 aliphatic heterocycles. The molecule has 2 aromatic rings. The maximum Gasteiger partial charge on any atom is 0.251 e. The van der Waals surface area contributed by atoms with Crippen LogP contribution in [0.15, 0.2) is 24.4 Å². The summed E-state index contributed by atoms with van der Waals surface area (Å²) in [5, 5.41) is 3.30. The van der Waals surface area contributed by atoms with Gasteiger partial charge < -0.3 is 29.7 Å². The quantitative estimate of drug-likeness (QED) is 0.412. The second-order valence-corrected chi connectivity index (χ2v) is 13.9. The zero-order chi connectivity index (χ0) is 32.5. The van der Waals surface area contributed by atoms with Gasteiger partial charge in [0.05, 0.1) is 19.0 Å². The van der Waals surface area contributed by atoms with Crippen LogP contribution in [0, 0.1) is 5.92 Å². The fourth-order valence-electron chi connectivity index (χ4n) is 7.56. The highest BCUT2D eigenvalue weighted by Crippen LogP contribution is 2.39. The van der Waals surface area contributed by atoms with Crippen molar-refractivity contribution in [2.45, 2.75) is 89.9 Å². The van der Waals surface area contributed by atoms with E-state index < -0.39 is 0 Å². The lowest BCUT2D eigenvalue weighted by Crippen LogP contribution is -2.55. The number of carbonyl (C=O) groups excluding carboxylic acids is 2. The molecule has 11 nitrogen and oxygen atoms in total. The molecule has 0 spiro atoms. The second kappa shape index (κ2) is 13.7. The van der Waals surface area contributed by atoms with E-state index in [4.69, 9.17) is 9.72 Å². The van der Waals surface area contributed by atoms with Crippen LogP contribution in [0.1, 0.15) is 76.1 Å². The molecular formula is C35H52N8O3. The number of benzene rings is 1. The fourth-order valence-corrected chi connectivity index (χ4v) is 7.56. The van der Waals surface area contributed by atoms with Crippen molar-refractivity contribution in [3.05, 3.63) is 30.0 Å². The fraction of sp³-hybridized carbons (Fsp3) is 0.657. The first-order chi connectivity index (χ1) is 22.2. The van der Waals surface area contributed by atoms with Crippen molar-refractivity contribution in [1.82, 2.24) is 25.1 Å². The molecule has 6 rings (SSSR count). The molecule has 11 heteroatoms. The summed E-state index contributed by atoms with van der Waals surface area (Å²) in [6.07, 6.45) is 9.55. The van der Waals surface area contributed by atoms with Crippen molar-refractivity contribution >= 4 is 35.0 Å². The molecule has 2 amide bonds. The smallest absolute Gasteiger partial charge is 0.251 e. The Hall–Kier alpha value is -3.44. The molecule has 1 aromatic carbocycles. The number of hydrogen-bond acceptors (Lipinski definition) is 9. The highest BCUT2D eigenvalue weighted by molar-refractivity contribution is 6.04. The summed E-state index contributed by atoms with van der Waals surface area (Å²) in [5.41, 5.74) is 2.02. The van der Waals surface area contributed by atoms with Gasteiger partial charge in [-0.05, 0) is 82.9 Å². The molecule has 4 aliphatic rings. The van der Waals surface area contributed by atoms with Crippen LogP contribution >= 0.6 is 0 Å². The van der Waals surface area contributed by atoms with E-state index in [9.17, 15) is 9.59 Å². The number of aromatic nitrogens is 2. The van der Waals surface area contributed by atoms with Crippen molar-refractivity contribution < 1.29 is 14.3 Å². The molecule has 3 fully saturated rings. The summed E-state index contributed by atoms with van der Waals surface area (Å²) >= 11 is 0. The van der Waals surface area contributed by atoms with Gasteiger partial charge in [-0.1, -0.05) is 6.92 Å². The lowest BCUT2D eigenvalue weighted by molar-refractivity contribution is -0.120. The molecule has 1 saturated heterocycles. The Kier molecular flexibility index (Phi) is 9.70. The van der Waals surface area contributed by atoms with Crippen LogP contribution in [-0.2, 0) is 4.79 Å². The first-order valence-electron chi connectivity index (χ1n) is 17.3. The zero-order valence-corrected chi connectivity index (χ0v) is 28.5. The number of nitrogens with zero attached hydrogens (tertiary/aromatic N) is 7. The van der Waals surface area contributed by atoms with Crippen LogP contribution in [-0.4, -0.2) is 110 Å². The monoisotopic (exact) mass is 632 g/mol. The minimum Gasteiger partial charge on any atom is -0.495 e. The Morgan fingerprint density at radius 2 is 1.80 bits per heavy atom. The number of anilines is 4. The Balaban J connectivity index is 1.08. The summed E-state index contributed by atoms with van der Waals surface area (Å²) in [4.78, 5) is 46.9. The van der Waals surface area contributed by atoms with Crippen LogP contribution < -0.4 is 24.8 Å². The average Bonchev–Trinajstić information content (AvgIpc) is 3.90. The number of piperazine rings is 1. The lowest BCUT2D eigenvalue weighted by atomic mass is 9.89. The van der Waals surface area contributed by atoms with Crippen LogP contribution in [0.4, 0.5) is 23.1 Å². The lowest BCUT2D eigenvalue weighted by Gasteiger charge is -2.42. The molecule has 0 radical (unpaired) electrons. The topological polar surface area (TPSA) is 97.4 Å². The van der Waals surface area contributed by atoms with E-state index in [1.165, 1.54) is 45.6 Å². The van der Waals surface area contributed by atoms with E-state index in [2.05, 4.69) is 38.8 Å². The Labute approximate surface area is 274 Å². The number of amides is 2. The number of methoxy groups -OCH3 is 1. The number of nitrogens with one attached hydrogen (secondary N) is 1. The third kappa shape index (κ3) is 6.67. The molecule has 0 unspecified atom stereocenters. The highest BCUT2D eigenvalue weighted by Gasteiger charge is 2.39. The largest absolute Gasteiger partial charge is 0.495 e. The van der Waals surface area contributed by atoms with Gasteiger partial charge in [0.15, 0.2) is 5.82 Å². The highest BCUT2D eigenvalue weighted by atomic mass is 16.5. The molecule has 1 aromatic heterocycles. The van der Waals surface area contributed by atoms with Crippen molar-refractivity contribution in [1.29, 1.82) is 0 Å². The van der Waals surface area contributed by atoms with Gasteiger partial charge in [-0.25, -0.2) is 4.98 Å². The van der Waals surface area contributed by atoms with Gasteiger partial charge in [0, 0.05) is 70.5 Å². The van der Waals surface area contributed by atoms with Crippen LogP contribution in [0.3, 0.4) is 0 Å². The summed E-state index contributed by atoms with van der Waals surface area (Å²) in [6, 6.07) is 6.17. The van der Waals surface area contributed by atoms with Gasteiger partial charge >= 0.3 is 0 Å². The van der Waals surface area contributed by atoms with E-state index in [-0.39, 0.29) is 29.9 Å². The second-order valence-electron chi connectivity index (χ2n) is 13.9. The minimum absolute atomic E-state index is 0.0504. The van der Waals surface area contributed by atoms with Crippen molar-refractivity contribution in [2.24, 2.45) is 5.92 Å². The third-order valence-corrected chi connectivity index (χ3v) is 10.5. The predicted molar refractivity (Wildman–Crippen MR) is 182 cm³/mol. The Morgan fingerprint density at radius 1 is 1.09 bits per heavy atom. The molecule has 3 heterocycles. The summed E-state index contributed by atoms with van der Waals surface area (Å²) in [7, 11) is 5.28. The van der Waals surface area contributed by atoms with Crippen LogP contribution in [0.5, 0.6) is 5.75 Å². The van der Waals surface area contributed by atoms with E-state index >= 15 is 0 Å². The van der Waals surface area contributed by atoms with Crippen molar-refractivity contribution in [2.75, 3.05) is 68.6 Å². The van der Waals surface area contributed by atoms with E-state index in [1.807, 2.05) is 31.0 Å². The van der Waals surface area contributed by atoms with Gasteiger partial charge in [-0.2, -0.15) is 4.98 Å². The summed E-state index contributed by atoms with van der Waals surface area (Å²) < 4.78 is 5.77. The average molecular weight is 633 g/mol. The summed E-state index contributed by atoms with van der Waals surface area (Å²) in [6.45, 7) is 12.2. The molecule has 1 N–H and O–H groups in total. The van der Waals surface area contributed by atoms with Gasteiger partial charge in [-0.3, -0.25) is 14.5 Å². The van der Waals surface area contributed by atoms with Crippen LogP contribution in [0.2, 0.25) is 0 Å². The van der Waals surface area contributed by atoms with Crippen molar-refractivity contribution in [3.63, 3.8) is 0 Å². The Bertz CT molecular complexity index is 1400. The standard InChI is InChI=1S/C35H52N8O3/c1-7-28-34(45)39(4)30-21-36-35(38-32(30)43(28)23(2)3)40(5)29-15-10-25(20-31(29)46-6)33(44)37-26-11-13-27(14-12-26)42-18-16-41(17-19-42)22-24-8-9-24/h10,15,20-21,23-24,26-28H,7-9,11-14,16-19,22H2,1-6H3,(H,37,44)/t26-,27-,28-/m1/s1. The predicted octanol–water partition coefficient (Wildman–Crippen LogP) is 4.29. The van der Waals surface area contributed by atoms with E-state index in [1.54, 1.807) is 31.3 Å². The first-order valence-corrected chi connectivity index (χ1v) is 17.3. The van der Waals surface area contributed by atoms with Crippen molar-refractivity contribution in [3.8, 4) is 5.75 Å². The van der Waals surface area contributed by atoms with Gasteiger partial charge in [0.25, 0.3) is 5.91 Å². The van der Waals surface area contributed by atoms with Crippen LogP contribution in [0.25, 0.3) is 0 Å². The number of hydrogen-bond donors (Lipinski definition) is 1. The third-order valence-electron chi connectivity index (χ3n) is 10.5. The molecule has 0 bridgehead atoms. The van der Waals surface area contributed by atoms with Gasteiger partial charge in [0.1, 0.15) is 17.5 Å². The molecule has 46 heavy (non-hydrogen) atoms. The Morgan fingerprint density at radius 3 is 2.43 bits per heavy atom. The number of rotatable bonds is 10. The molecule has 1 atom stereocenters. The normalized spacial score (nSPS) is 24.2. The van der Waals surface area contributed by atoms with Gasteiger partial charge in [-0.15, -0.1) is 0 Å². The maximum absolute atomic E-state index is 13.4. The van der Waals surface area contributed by atoms with E-state index in [0.29, 0.717) is 35.4 Å². The van der Waals surface area contributed by atoms with E-state index in [0.717, 1.165) is 43.1 Å². The minimum atomic E-state index is -0.278. The maximum atomic E-state index is 13.4. The molecule has 250 valence electrons. The number of carbonyl (C=O) groups is 2. The number of ether oxygens (including phenoxy) is 1. The molecule has 2 aliphatic carbocycles. The zero-order valence-electron chi connectivity index (χ0n) is 28.5. The number of fused-ring (bicyclic) bond motifs is 1. The SMILES string of the molecule is CC[C@@H]1C(=O)N(C)c2cnc(N(C)c3ccc(C(=O)N[C@H]4CC[C@H](N5CCN(CC6CC6)CC5)CC4)cc3OC)nc2N1C(C)C. The summed E-state index contributed by atoms with van der Waals surface area (Å²) in [5.74, 6) is 2.74. The number of likely N-dealkylation sites (N-methyl/N-ethyl adjacent to an activating group) is 1.